The third-order valence-electron chi connectivity index (χ3n) is 2.78. The van der Waals surface area contributed by atoms with E-state index in [1.54, 1.807) is 10.6 Å². The summed E-state index contributed by atoms with van der Waals surface area (Å²) in [4.78, 5) is 11.5. The molecule has 0 aliphatic carbocycles. The molecule has 86 valence electrons. The van der Waals surface area contributed by atoms with Gasteiger partial charge in [0.15, 0.2) is 5.58 Å². The van der Waals surface area contributed by atoms with Crippen LogP contribution in [0.15, 0.2) is 27.4 Å². The minimum absolute atomic E-state index is 0.347. The molecule has 1 aromatic heterocycles. The summed E-state index contributed by atoms with van der Waals surface area (Å²) in [5.74, 6) is -0.347. The van der Waals surface area contributed by atoms with Crippen LogP contribution in [0.5, 0.6) is 0 Å². The summed E-state index contributed by atoms with van der Waals surface area (Å²) < 4.78 is 6.69. The third kappa shape index (κ3) is 1.65. The second kappa shape index (κ2) is 4.14. The van der Waals surface area contributed by atoms with E-state index in [-0.39, 0.29) is 5.76 Å². The van der Waals surface area contributed by atoms with Gasteiger partial charge in [-0.15, -0.1) is 0 Å². The average Bonchev–Trinajstić information content (AvgIpc) is 2.62. The van der Waals surface area contributed by atoms with Crippen molar-refractivity contribution in [3.8, 4) is 0 Å². The smallest absolute Gasteiger partial charge is 0.408 e. The Balaban J connectivity index is 2.60. The molecule has 0 radical (unpaired) electrons. The summed E-state index contributed by atoms with van der Waals surface area (Å²) in [7, 11) is 0. The van der Waals surface area contributed by atoms with Gasteiger partial charge in [0.25, 0.3) is 0 Å². The van der Waals surface area contributed by atoms with Gasteiger partial charge in [0, 0.05) is 6.54 Å². The molecule has 2 rings (SSSR count). The van der Waals surface area contributed by atoms with Crippen molar-refractivity contribution in [2.45, 2.75) is 32.9 Å². The fraction of sp³-hybridized carbons (Fsp3) is 0.417. The minimum atomic E-state index is -0.500. The van der Waals surface area contributed by atoms with Crippen molar-refractivity contribution in [3.05, 3.63) is 34.3 Å². The number of aliphatic hydroxyl groups excluding tert-OH is 1. The van der Waals surface area contributed by atoms with E-state index in [0.717, 1.165) is 11.1 Å². The molecular formula is C12H15NO3. The highest BCUT2D eigenvalue weighted by Crippen LogP contribution is 2.21. The lowest BCUT2D eigenvalue weighted by atomic mass is 10.1. The Hall–Kier alpha value is -1.55. The van der Waals surface area contributed by atoms with Gasteiger partial charge in [-0.1, -0.05) is 13.0 Å². The Morgan fingerprint density at radius 2 is 2.19 bits per heavy atom. The van der Waals surface area contributed by atoms with Gasteiger partial charge >= 0.3 is 5.76 Å². The maximum atomic E-state index is 11.5. The van der Waals surface area contributed by atoms with E-state index in [9.17, 15) is 9.90 Å². The van der Waals surface area contributed by atoms with Crippen LogP contribution < -0.4 is 5.76 Å². The molecule has 0 spiro atoms. The molecule has 2 aromatic rings. The van der Waals surface area contributed by atoms with E-state index >= 15 is 0 Å². The van der Waals surface area contributed by atoms with E-state index < -0.39 is 6.10 Å². The molecule has 1 heterocycles. The number of rotatable bonds is 3. The highest BCUT2D eigenvalue weighted by Gasteiger charge is 2.11. The molecule has 0 saturated carbocycles. The predicted octanol–water partition coefficient (Wildman–Crippen LogP) is 2.06. The maximum Gasteiger partial charge on any atom is 0.419 e. The van der Waals surface area contributed by atoms with Crippen LogP contribution in [0.25, 0.3) is 11.1 Å². The second-order valence-corrected chi connectivity index (χ2v) is 3.76. The van der Waals surface area contributed by atoms with Crippen molar-refractivity contribution in [1.29, 1.82) is 0 Å². The van der Waals surface area contributed by atoms with Crippen molar-refractivity contribution in [3.63, 3.8) is 0 Å². The molecule has 0 amide bonds. The van der Waals surface area contributed by atoms with E-state index in [2.05, 4.69) is 0 Å². The molecule has 16 heavy (non-hydrogen) atoms. The largest absolute Gasteiger partial charge is 0.419 e. The Morgan fingerprint density at radius 3 is 2.81 bits per heavy atom. The molecule has 1 atom stereocenters. The van der Waals surface area contributed by atoms with Crippen molar-refractivity contribution < 1.29 is 9.52 Å². The summed E-state index contributed by atoms with van der Waals surface area (Å²) in [6.45, 7) is 4.38. The monoisotopic (exact) mass is 221 g/mol. The normalized spacial score (nSPS) is 13.2. The second-order valence-electron chi connectivity index (χ2n) is 3.76. The standard InChI is InChI=1S/C12H15NO3/c1-3-10(14)8-5-6-9-11(7-8)16-12(15)13(9)4-2/h5-7,10,14H,3-4H2,1-2H3/t10-/m1/s1. The Labute approximate surface area is 93.1 Å². The molecule has 4 nitrogen and oxygen atoms in total. The van der Waals surface area contributed by atoms with Gasteiger partial charge in [-0.05, 0) is 31.0 Å². The molecule has 0 saturated heterocycles. The quantitative estimate of drug-likeness (QED) is 0.863. The molecule has 1 aromatic carbocycles. The number of hydrogen-bond donors (Lipinski definition) is 1. The minimum Gasteiger partial charge on any atom is -0.408 e. The average molecular weight is 221 g/mol. The third-order valence-corrected chi connectivity index (χ3v) is 2.78. The fourth-order valence-corrected chi connectivity index (χ4v) is 1.83. The number of aryl methyl sites for hydroxylation is 1. The van der Waals surface area contributed by atoms with E-state index in [4.69, 9.17) is 4.42 Å². The molecule has 0 bridgehead atoms. The highest BCUT2D eigenvalue weighted by molar-refractivity contribution is 5.73. The van der Waals surface area contributed by atoms with Crippen molar-refractivity contribution in [2.24, 2.45) is 0 Å². The van der Waals surface area contributed by atoms with Crippen molar-refractivity contribution in [1.82, 2.24) is 4.57 Å². The Kier molecular flexibility index (Phi) is 2.83. The lowest BCUT2D eigenvalue weighted by molar-refractivity contribution is 0.173. The first-order valence-electron chi connectivity index (χ1n) is 5.48. The van der Waals surface area contributed by atoms with E-state index in [1.807, 2.05) is 26.0 Å². The first kappa shape index (κ1) is 11.0. The van der Waals surface area contributed by atoms with Crippen LogP contribution in [0.3, 0.4) is 0 Å². The van der Waals surface area contributed by atoms with Crippen LogP contribution in [0, 0.1) is 0 Å². The molecular weight excluding hydrogens is 206 g/mol. The lowest BCUT2D eigenvalue weighted by Crippen LogP contribution is -2.11. The van der Waals surface area contributed by atoms with Crippen LogP contribution in [-0.4, -0.2) is 9.67 Å². The number of aliphatic hydroxyl groups is 1. The molecule has 0 aliphatic rings. The molecule has 1 N–H and O–H groups in total. The first-order chi connectivity index (χ1) is 7.67. The number of nitrogens with zero attached hydrogens (tertiary/aromatic N) is 1. The van der Waals surface area contributed by atoms with Crippen LogP contribution in [0.2, 0.25) is 0 Å². The SMILES string of the molecule is CC[C@@H](O)c1ccc2c(c1)oc(=O)n2CC. The summed E-state index contributed by atoms with van der Waals surface area (Å²) in [6.07, 6.45) is 0.143. The van der Waals surface area contributed by atoms with Crippen LogP contribution in [0.1, 0.15) is 31.9 Å². The van der Waals surface area contributed by atoms with Gasteiger partial charge in [0.05, 0.1) is 11.6 Å². The van der Waals surface area contributed by atoms with Crippen LogP contribution in [-0.2, 0) is 6.54 Å². The predicted molar refractivity (Wildman–Crippen MR) is 61.4 cm³/mol. The topological polar surface area (TPSA) is 55.4 Å². The van der Waals surface area contributed by atoms with Crippen LogP contribution in [0.4, 0.5) is 0 Å². The number of hydrogen-bond acceptors (Lipinski definition) is 3. The number of oxazole rings is 1. The summed E-state index contributed by atoms with van der Waals surface area (Å²) in [5, 5.41) is 9.70. The summed E-state index contributed by atoms with van der Waals surface area (Å²) >= 11 is 0. The van der Waals surface area contributed by atoms with Gasteiger partial charge < -0.3 is 9.52 Å². The lowest BCUT2D eigenvalue weighted by Gasteiger charge is -2.07. The maximum absolute atomic E-state index is 11.5. The fourth-order valence-electron chi connectivity index (χ4n) is 1.83. The Morgan fingerprint density at radius 1 is 1.44 bits per heavy atom. The number of benzene rings is 1. The zero-order valence-corrected chi connectivity index (χ0v) is 9.43. The van der Waals surface area contributed by atoms with Gasteiger partial charge in [-0.2, -0.15) is 0 Å². The van der Waals surface area contributed by atoms with Gasteiger partial charge in [-0.25, -0.2) is 4.79 Å². The zero-order valence-electron chi connectivity index (χ0n) is 9.43. The van der Waals surface area contributed by atoms with E-state index in [0.29, 0.717) is 18.5 Å². The van der Waals surface area contributed by atoms with Crippen molar-refractivity contribution >= 4 is 11.1 Å². The van der Waals surface area contributed by atoms with Gasteiger partial charge in [-0.3, -0.25) is 4.57 Å². The molecule has 0 aliphatic heterocycles. The summed E-state index contributed by atoms with van der Waals surface area (Å²) in [6, 6.07) is 5.38. The van der Waals surface area contributed by atoms with Gasteiger partial charge in [0.2, 0.25) is 0 Å². The van der Waals surface area contributed by atoms with E-state index in [1.165, 1.54) is 0 Å². The zero-order chi connectivity index (χ0) is 11.7. The Bertz CT molecular complexity index is 553. The van der Waals surface area contributed by atoms with Gasteiger partial charge in [0.1, 0.15) is 0 Å². The molecule has 0 fully saturated rings. The van der Waals surface area contributed by atoms with Crippen molar-refractivity contribution in [2.75, 3.05) is 0 Å². The highest BCUT2D eigenvalue weighted by atomic mass is 16.4. The molecule has 0 unspecified atom stereocenters. The first-order valence-corrected chi connectivity index (χ1v) is 5.48. The summed E-state index contributed by atoms with van der Waals surface area (Å²) in [5.41, 5.74) is 2.10. The number of fused-ring (bicyclic) bond motifs is 1. The van der Waals surface area contributed by atoms with Crippen LogP contribution >= 0.6 is 0 Å². The number of aromatic nitrogens is 1. The molecule has 4 heteroatoms.